The van der Waals surface area contributed by atoms with Gasteiger partial charge < -0.3 is 15.2 Å². The summed E-state index contributed by atoms with van der Waals surface area (Å²) in [6.45, 7) is 1.35. The summed E-state index contributed by atoms with van der Waals surface area (Å²) in [6, 6.07) is 3.75. The highest BCUT2D eigenvalue weighted by Crippen LogP contribution is 2.25. The number of carbonyl (C=O) groups excluding carboxylic acids is 1. The van der Waals surface area contributed by atoms with Crippen molar-refractivity contribution in [3.05, 3.63) is 29.6 Å². The van der Waals surface area contributed by atoms with E-state index in [2.05, 4.69) is 11.2 Å². The molecule has 0 radical (unpaired) electrons. The minimum absolute atomic E-state index is 0.106. The molecule has 5 heteroatoms. The minimum Gasteiger partial charge on any atom is -0.483 e. The second-order valence-electron chi connectivity index (χ2n) is 3.63. The van der Waals surface area contributed by atoms with Crippen LogP contribution in [-0.2, 0) is 4.79 Å². The lowest BCUT2D eigenvalue weighted by Gasteiger charge is -2.13. The first kappa shape index (κ1) is 14.0. The lowest BCUT2D eigenvalue weighted by molar-refractivity contribution is -0.122. The van der Waals surface area contributed by atoms with Crippen molar-refractivity contribution < 1.29 is 19.0 Å². The van der Waals surface area contributed by atoms with Crippen molar-refractivity contribution in [1.82, 2.24) is 5.32 Å². The van der Waals surface area contributed by atoms with Crippen molar-refractivity contribution in [2.24, 2.45) is 0 Å². The summed E-state index contributed by atoms with van der Waals surface area (Å²) in [6.07, 6.45) is 4.17. The largest absolute Gasteiger partial charge is 0.483 e. The van der Waals surface area contributed by atoms with Gasteiger partial charge in [0, 0.05) is 11.6 Å². The molecule has 0 heterocycles. The van der Waals surface area contributed by atoms with Crippen LogP contribution in [0.2, 0.25) is 0 Å². The van der Waals surface area contributed by atoms with Crippen LogP contribution in [0.1, 0.15) is 18.6 Å². The number of hydrogen-bond donors (Lipinski definition) is 2. The zero-order valence-electron chi connectivity index (χ0n) is 9.94. The van der Waals surface area contributed by atoms with E-state index in [0.717, 1.165) is 6.07 Å². The molecule has 0 aliphatic rings. The van der Waals surface area contributed by atoms with Crippen molar-refractivity contribution >= 4 is 5.91 Å². The van der Waals surface area contributed by atoms with E-state index in [-0.39, 0.29) is 18.9 Å². The molecule has 0 bridgehead atoms. The Hall–Kier alpha value is -2.06. The third-order valence-corrected chi connectivity index (χ3v) is 2.17. The molecule has 96 valence electrons. The number of aliphatic hydroxyl groups is 1. The zero-order valence-corrected chi connectivity index (χ0v) is 9.94. The number of aliphatic hydroxyl groups excluding tert-OH is 1. The lowest BCUT2D eigenvalue weighted by atomic mass is 10.1. The van der Waals surface area contributed by atoms with Crippen molar-refractivity contribution in [2.75, 3.05) is 13.2 Å². The van der Waals surface area contributed by atoms with Crippen LogP contribution in [0.3, 0.4) is 0 Å². The third-order valence-electron chi connectivity index (χ3n) is 2.17. The van der Waals surface area contributed by atoms with Gasteiger partial charge >= 0.3 is 0 Å². The average molecular weight is 251 g/mol. The summed E-state index contributed by atoms with van der Waals surface area (Å²) in [5.74, 6) is 1.48. The number of ether oxygens (including phenoxy) is 1. The molecule has 18 heavy (non-hydrogen) atoms. The van der Waals surface area contributed by atoms with Crippen LogP contribution in [0.15, 0.2) is 18.2 Å². The van der Waals surface area contributed by atoms with E-state index < -0.39 is 17.8 Å². The topological polar surface area (TPSA) is 58.6 Å². The molecule has 0 fully saturated rings. The molecule has 0 aliphatic carbocycles. The maximum absolute atomic E-state index is 13.0. The molecular weight excluding hydrogens is 237 g/mol. The van der Waals surface area contributed by atoms with E-state index >= 15 is 0 Å². The zero-order chi connectivity index (χ0) is 13.5. The number of hydrogen-bond acceptors (Lipinski definition) is 3. The van der Waals surface area contributed by atoms with Gasteiger partial charge in [-0.3, -0.25) is 4.79 Å². The highest BCUT2D eigenvalue weighted by Gasteiger charge is 2.11. The van der Waals surface area contributed by atoms with Crippen LogP contribution in [0, 0.1) is 18.2 Å². The highest BCUT2D eigenvalue weighted by molar-refractivity contribution is 5.77. The normalized spacial score (nSPS) is 11.4. The van der Waals surface area contributed by atoms with Crippen molar-refractivity contribution in [2.45, 2.75) is 13.0 Å². The van der Waals surface area contributed by atoms with Gasteiger partial charge in [0.05, 0.1) is 12.6 Å². The molecule has 0 unspecified atom stereocenters. The Bertz CT molecular complexity index is 466. The molecule has 1 aromatic carbocycles. The fourth-order valence-corrected chi connectivity index (χ4v) is 1.32. The Kier molecular flexibility index (Phi) is 5.15. The summed E-state index contributed by atoms with van der Waals surface area (Å²) in [4.78, 5) is 11.3. The van der Waals surface area contributed by atoms with Crippen molar-refractivity contribution in [1.29, 1.82) is 0 Å². The number of rotatable bonds is 5. The van der Waals surface area contributed by atoms with Crippen LogP contribution >= 0.6 is 0 Å². The summed E-state index contributed by atoms with van der Waals surface area (Å²) >= 11 is 0. The second-order valence-corrected chi connectivity index (χ2v) is 3.63. The van der Waals surface area contributed by atoms with Crippen LogP contribution in [0.4, 0.5) is 4.39 Å². The van der Waals surface area contributed by atoms with E-state index in [0.29, 0.717) is 5.56 Å². The molecule has 1 rings (SSSR count). The summed E-state index contributed by atoms with van der Waals surface area (Å²) < 4.78 is 18.2. The fourth-order valence-electron chi connectivity index (χ4n) is 1.32. The minimum atomic E-state index is -0.811. The number of amides is 1. The predicted molar refractivity (Wildman–Crippen MR) is 64.4 cm³/mol. The van der Waals surface area contributed by atoms with Gasteiger partial charge in [0.1, 0.15) is 11.6 Å². The van der Waals surface area contributed by atoms with Gasteiger partial charge in [0.15, 0.2) is 6.61 Å². The SMILES string of the molecule is C#CCNC(=O)COc1cc(F)ccc1[C@H](C)O. The van der Waals surface area contributed by atoms with Gasteiger partial charge in [-0.15, -0.1) is 6.42 Å². The number of benzene rings is 1. The number of nitrogens with one attached hydrogen (secondary N) is 1. The molecule has 1 atom stereocenters. The first-order chi connectivity index (χ1) is 8.54. The van der Waals surface area contributed by atoms with Gasteiger partial charge in [0.2, 0.25) is 0 Å². The summed E-state index contributed by atoms with van der Waals surface area (Å²) in [5.41, 5.74) is 0.418. The first-order valence-corrected chi connectivity index (χ1v) is 5.35. The van der Waals surface area contributed by atoms with Crippen LogP contribution < -0.4 is 10.1 Å². The standard InChI is InChI=1S/C13H14FNO3/c1-3-6-15-13(17)8-18-12-7-10(14)4-5-11(12)9(2)16/h1,4-5,7,9,16H,6,8H2,2H3,(H,15,17)/t9-/m0/s1. The van der Waals surface area contributed by atoms with Gasteiger partial charge in [-0.05, 0) is 19.1 Å². The third kappa shape index (κ3) is 4.07. The molecule has 2 N–H and O–H groups in total. The van der Waals surface area contributed by atoms with Crippen LogP contribution in [0.5, 0.6) is 5.75 Å². The Labute approximate surface area is 105 Å². The molecule has 0 aliphatic heterocycles. The average Bonchev–Trinajstić information content (AvgIpc) is 2.33. The Balaban J connectivity index is 2.69. The van der Waals surface area contributed by atoms with Crippen LogP contribution in [-0.4, -0.2) is 24.2 Å². The van der Waals surface area contributed by atoms with E-state index in [1.54, 1.807) is 0 Å². The summed E-state index contributed by atoms with van der Waals surface area (Å²) in [7, 11) is 0. The maximum atomic E-state index is 13.0. The Morgan fingerprint density at radius 3 is 3.00 bits per heavy atom. The molecule has 0 spiro atoms. The smallest absolute Gasteiger partial charge is 0.258 e. The predicted octanol–water partition coefficient (Wildman–Crippen LogP) is 1.01. The fraction of sp³-hybridized carbons (Fsp3) is 0.308. The van der Waals surface area contributed by atoms with E-state index in [1.807, 2.05) is 0 Å². The molecule has 0 saturated carbocycles. The first-order valence-electron chi connectivity index (χ1n) is 5.35. The van der Waals surface area contributed by atoms with Gasteiger partial charge in [-0.2, -0.15) is 0 Å². The van der Waals surface area contributed by atoms with E-state index in [4.69, 9.17) is 11.2 Å². The number of carbonyl (C=O) groups is 1. The van der Waals surface area contributed by atoms with Crippen molar-refractivity contribution in [3.8, 4) is 18.1 Å². The van der Waals surface area contributed by atoms with Crippen LogP contribution in [0.25, 0.3) is 0 Å². The Morgan fingerprint density at radius 1 is 1.67 bits per heavy atom. The van der Waals surface area contributed by atoms with Gasteiger partial charge in [-0.25, -0.2) is 4.39 Å². The van der Waals surface area contributed by atoms with Gasteiger partial charge in [-0.1, -0.05) is 5.92 Å². The maximum Gasteiger partial charge on any atom is 0.258 e. The molecule has 1 aromatic rings. The second kappa shape index (κ2) is 6.62. The van der Waals surface area contributed by atoms with E-state index in [1.165, 1.54) is 19.1 Å². The quantitative estimate of drug-likeness (QED) is 0.768. The highest BCUT2D eigenvalue weighted by atomic mass is 19.1. The number of terminal acetylenes is 1. The van der Waals surface area contributed by atoms with Gasteiger partial charge in [0.25, 0.3) is 5.91 Å². The summed E-state index contributed by atoms with van der Waals surface area (Å²) in [5, 5.41) is 11.9. The number of halogens is 1. The molecule has 0 saturated heterocycles. The van der Waals surface area contributed by atoms with Crippen molar-refractivity contribution in [3.63, 3.8) is 0 Å². The Morgan fingerprint density at radius 2 is 2.39 bits per heavy atom. The molecule has 0 aromatic heterocycles. The lowest BCUT2D eigenvalue weighted by Crippen LogP contribution is -2.29. The monoisotopic (exact) mass is 251 g/mol. The molecular formula is C13H14FNO3. The molecule has 1 amide bonds. The van der Waals surface area contributed by atoms with E-state index in [9.17, 15) is 14.3 Å². The molecule has 4 nitrogen and oxygen atoms in total.